The number of carbonyl (C=O) groups excluding carboxylic acids is 1. The van der Waals surface area contributed by atoms with Crippen LogP contribution in [0.15, 0.2) is 54.7 Å². The number of carbonyl (C=O) groups is 1. The van der Waals surface area contributed by atoms with Gasteiger partial charge >= 0.3 is 5.69 Å². The fourth-order valence-electron chi connectivity index (χ4n) is 3.46. The van der Waals surface area contributed by atoms with Crippen LogP contribution in [-0.4, -0.2) is 30.4 Å². The molecule has 180 valence electrons. The second-order valence-corrected chi connectivity index (χ2v) is 8.11. The third-order valence-electron chi connectivity index (χ3n) is 5.19. The highest BCUT2D eigenvalue weighted by Gasteiger charge is 2.19. The van der Waals surface area contributed by atoms with Crippen molar-refractivity contribution < 1.29 is 18.8 Å². The van der Waals surface area contributed by atoms with E-state index in [2.05, 4.69) is 15.5 Å². The van der Waals surface area contributed by atoms with Crippen molar-refractivity contribution in [3.63, 3.8) is 0 Å². The smallest absolute Gasteiger partial charge is 0.311 e. The molecule has 35 heavy (non-hydrogen) atoms. The molecule has 10 nitrogen and oxygen atoms in total. The van der Waals surface area contributed by atoms with Crippen molar-refractivity contribution in [2.75, 3.05) is 5.32 Å². The number of halogens is 2. The summed E-state index contributed by atoms with van der Waals surface area (Å²) in [6.45, 7) is 3.86. The number of hydrogen-bond donors (Lipinski definition) is 1. The summed E-state index contributed by atoms with van der Waals surface area (Å²) in [4.78, 5) is 23.2. The molecule has 4 aromatic rings. The first kappa shape index (κ1) is 23.9. The van der Waals surface area contributed by atoms with Crippen molar-refractivity contribution in [3.8, 4) is 5.75 Å². The standard InChI is InChI=1S/C23H20ClFN6O4/c1-14-22(15(2)30(27-14)12-16-4-3-5-17(24)10-16)26-23(32)19-8-9-29(28-19)13-35-21-11-18(25)6-7-20(21)31(33)34/h3-11H,12-13H2,1-2H3,(H,26,32). The normalized spacial score (nSPS) is 10.9. The maximum absolute atomic E-state index is 13.5. The zero-order valence-electron chi connectivity index (χ0n) is 18.7. The van der Waals surface area contributed by atoms with Crippen LogP contribution in [0.2, 0.25) is 5.02 Å². The van der Waals surface area contributed by atoms with Crippen LogP contribution in [0, 0.1) is 29.8 Å². The van der Waals surface area contributed by atoms with Crippen LogP contribution >= 0.6 is 11.6 Å². The van der Waals surface area contributed by atoms with E-state index >= 15 is 0 Å². The number of nitro groups is 1. The molecule has 0 saturated heterocycles. The molecule has 0 aliphatic heterocycles. The van der Waals surface area contributed by atoms with Crippen molar-refractivity contribution in [2.45, 2.75) is 27.1 Å². The van der Waals surface area contributed by atoms with Crippen molar-refractivity contribution in [1.82, 2.24) is 19.6 Å². The lowest BCUT2D eigenvalue weighted by Crippen LogP contribution is -2.15. The summed E-state index contributed by atoms with van der Waals surface area (Å²) in [6.07, 6.45) is 1.47. The Morgan fingerprint density at radius 2 is 2.00 bits per heavy atom. The Kier molecular flexibility index (Phi) is 6.78. The SMILES string of the molecule is Cc1nn(Cc2cccc(Cl)c2)c(C)c1NC(=O)c1ccn(COc2cc(F)ccc2[N+](=O)[O-])n1. The van der Waals surface area contributed by atoms with Gasteiger partial charge in [0.1, 0.15) is 5.82 Å². The number of rotatable bonds is 8. The molecule has 0 unspecified atom stereocenters. The monoisotopic (exact) mass is 498 g/mol. The summed E-state index contributed by atoms with van der Waals surface area (Å²) in [7, 11) is 0. The molecule has 2 aromatic carbocycles. The molecule has 1 amide bonds. The molecule has 0 spiro atoms. The number of hydrogen-bond acceptors (Lipinski definition) is 6. The van der Waals surface area contributed by atoms with Gasteiger partial charge in [-0.15, -0.1) is 0 Å². The molecule has 0 bridgehead atoms. The Morgan fingerprint density at radius 3 is 2.74 bits per heavy atom. The number of aryl methyl sites for hydroxylation is 1. The average molecular weight is 499 g/mol. The van der Waals surface area contributed by atoms with Gasteiger partial charge in [-0.25, -0.2) is 9.07 Å². The number of benzene rings is 2. The first-order valence-electron chi connectivity index (χ1n) is 10.4. The minimum absolute atomic E-state index is 0.101. The quantitative estimate of drug-likeness (QED) is 0.277. The molecule has 12 heteroatoms. The number of amides is 1. The Labute approximate surface area is 204 Å². The minimum atomic E-state index is -0.673. The molecule has 2 heterocycles. The molecule has 0 atom stereocenters. The molecule has 0 saturated carbocycles. The van der Waals surface area contributed by atoms with E-state index in [0.717, 1.165) is 29.5 Å². The number of nitrogens with zero attached hydrogens (tertiary/aromatic N) is 5. The maximum atomic E-state index is 13.5. The number of anilines is 1. The lowest BCUT2D eigenvalue weighted by atomic mass is 10.2. The zero-order chi connectivity index (χ0) is 25.1. The van der Waals surface area contributed by atoms with Gasteiger partial charge in [0.15, 0.2) is 12.4 Å². The average Bonchev–Trinajstić information content (AvgIpc) is 3.38. The predicted octanol–water partition coefficient (Wildman–Crippen LogP) is 4.73. The molecule has 0 radical (unpaired) electrons. The van der Waals surface area contributed by atoms with E-state index in [4.69, 9.17) is 16.3 Å². The first-order chi connectivity index (χ1) is 16.7. The van der Waals surface area contributed by atoms with Crippen LogP contribution in [0.5, 0.6) is 5.75 Å². The van der Waals surface area contributed by atoms with E-state index in [1.165, 1.54) is 16.9 Å². The summed E-state index contributed by atoms with van der Waals surface area (Å²) in [5, 5.41) is 23.2. The van der Waals surface area contributed by atoms with Crippen LogP contribution < -0.4 is 10.1 Å². The first-order valence-corrected chi connectivity index (χ1v) is 10.8. The minimum Gasteiger partial charge on any atom is -0.464 e. The number of nitro benzene ring substituents is 1. The predicted molar refractivity (Wildman–Crippen MR) is 126 cm³/mol. The van der Waals surface area contributed by atoms with Gasteiger partial charge in [-0.1, -0.05) is 23.7 Å². The Bertz CT molecular complexity index is 1420. The van der Waals surface area contributed by atoms with Gasteiger partial charge in [0.25, 0.3) is 5.91 Å². The van der Waals surface area contributed by atoms with Gasteiger partial charge in [0.05, 0.1) is 28.5 Å². The van der Waals surface area contributed by atoms with Gasteiger partial charge in [0.2, 0.25) is 5.75 Å². The van der Waals surface area contributed by atoms with Gasteiger partial charge in [0, 0.05) is 23.4 Å². The van der Waals surface area contributed by atoms with Crippen LogP contribution in [0.25, 0.3) is 0 Å². The van der Waals surface area contributed by atoms with E-state index < -0.39 is 16.6 Å². The lowest BCUT2D eigenvalue weighted by molar-refractivity contribution is -0.386. The highest BCUT2D eigenvalue weighted by molar-refractivity contribution is 6.30. The van der Waals surface area contributed by atoms with Crippen molar-refractivity contribution >= 4 is 28.9 Å². The summed E-state index contributed by atoms with van der Waals surface area (Å²) in [5.41, 5.74) is 2.66. The molecular formula is C23H20ClFN6O4. The summed E-state index contributed by atoms with van der Waals surface area (Å²) >= 11 is 6.06. The summed E-state index contributed by atoms with van der Waals surface area (Å²) in [6, 6.07) is 11.8. The fourth-order valence-corrected chi connectivity index (χ4v) is 3.68. The second-order valence-electron chi connectivity index (χ2n) is 7.67. The largest absolute Gasteiger partial charge is 0.464 e. The van der Waals surface area contributed by atoms with Gasteiger partial charge < -0.3 is 10.1 Å². The number of aromatic nitrogens is 4. The Hall–Kier alpha value is -4.25. The highest BCUT2D eigenvalue weighted by Crippen LogP contribution is 2.28. The Morgan fingerprint density at radius 1 is 1.20 bits per heavy atom. The molecule has 2 aromatic heterocycles. The van der Waals surface area contributed by atoms with Crippen LogP contribution in [-0.2, 0) is 13.3 Å². The topological polar surface area (TPSA) is 117 Å². The summed E-state index contributed by atoms with van der Waals surface area (Å²) < 4.78 is 21.9. The van der Waals surface area contributed by atoms with E-state index in [0.29, 0.717) is 22.9 Å². The molecule has 0 fully saturated rings. The van der Waals surface area contributed by atoms with E-state index in [1.807, 2.05) is 25.1 Å². The fraction of sp³-hybridized carbons (Fsp3) is 0.174. The molecule has 0 aliphatic rings. The summed E-state index contributed by atoms with van der Waals surface area (Å²) in [5.74, 6) is -1.38. The number of ether oxygens (including phenoxy) is 1. The van der Waals surface area contributed by atoms with Gasteiger partial charge in [-0.2, -0.15) is 10.2 Å². The molecular weight excluding hydrogens is 479 g/mol. The van der Waals surface area contributed by atoms with Crippen LogP contribution in [0.1, 0.15) is 27.4 Å². The molecule has 1 N–H and O–H groups in total. The van der Waals surface area contributed by atoms with Gasteiger partial charge in [-0.3, -0.25) is 19.6 Å². The second kappa shape index (κ2) is 9.94. The van der Waals surface area contributed by atoms with Crippen LogP contribution in [0.3, 0.4) is 0 Å². The van der Waals surface area contributed by atoms with Crippen molar-refractivity contribution in [1.29, 1.82) is 0 Å². The van der Waals surface area contributed by atoms with Crippen LogP contribution in [0.4, 0.5) is 15.8 Å². The highest BCUT2D eigenvalue weighted by atomic mass is 35.5. The lowest BCUT2D eigenvalue weighted by Gasteiger charge is -2.07. The van der Waals surface area contributed by atoms with E-state index in [-0.39, 0.29) is 23.9 Å². The Balaban J connectivity index is 1.44. The molecule has 0 aliphatic carbocycles. The van der Waals surface area contributed by atoms with Gasteiger partial charge in [-0.05, 0) is 43.7 Å². The van der Waals surface area contributed by atoms with Crippen molar-refractivity contribution in [3.05, 3.63) is 98.3 Å². The maximum Gasteiger partial charge on any atom is 0.311 e. The van der Waals surface area contributed by atoms with E-state index in [1.54, 1.807) is 17.7 Å². The third-order valence-corrected chi connectivity index (χ3v) is 5.42. The zero-order valence-corrected chi connectivity index (χ0v) is 19.5. The van der Waals surface area contributed by atoms with Crippen molar-refractivity contribution in [2.24, 2.45) is 0 Å². The van der Waals surface area contributed by atoms with E-state index in [9.17, 15) is 19.3 Å². The third kappa shape index (κ3) is 5.46. The molecule has 4 rings (SSSR count). The number of nitrogens with one attached hydrogen (secondary N) is 1.